The van der Waals surface area contributed by atoms with E-state index in [0.29, 0.717) is 0 Å². The van der Waals surface area contributed by atoms with Crippen LogP contribution in [0.2, 0.25) is 0 Å². The summed E-state index contributed by atoms with van der Waals surface area (Å²) in [6.07, 6.45) is 0. The van der Waals surface area contributed by atoms with Crippen molar-refractivity contribution in [2.24, 2.45) is 0 Å². The molecule has 8 heavy (non-hydrogen) atoms. The van der Waals surface area contributed by atoms with Gasteiger partial charge in [0.15, 0.2) is 0 Å². The van der Waals surface area contributed by atoms with E-state index in [4.69, 9.17) is 9.90 Å². The fourth-order valence-electron chi connectivity index (χ4n) is 0. The molecule has 0 aromatic carbocycles. The molecule has 0 aliphatic heterocycles. The van der Waals surface area contributed by atoms with Gasteiger partial charge in [0.25, 0.3) is 6.47 Å². The maximum Gasteiger partial charge on any atom is 0.290 e. The van der Waals surface area contributed by atoms with Crippen molar-refractivity contribution in [3.63, 3.8) is 0 Å². The fraction of sp³-hybridized carbons (Fsp3) is 0. The van der Waals surface area contributed by atoms with E-state index in [9.17, 15) is 8.76 Å². The van der Waals surface area contributed by atoms with Crippen LogP contribution < -0.4 is 0 Å². The van der Waals surface area contributed by atoms with Crippen molar-refractivity contribution in [3.8, 4) is 0 Å². The summed E-state index contributed by atoms with van der Waals surface area (Å²) in [6.45, 7) is 2.70. The van der Waals surface area contributed by atoms with Crippen LogP contribution in [0.1, 0.15) is 0 Å². The van der Waals surface area contributed by atoms with E-state index >= 15 is 0 Å². The summed E-state index contributed by atoms with van der Waals surface area (Å²) in [5.74, 6) is 0. The van der Waals surface area contributed by atoms with E-state index in [1.807, 2.05) is 0 Å². The standard InChI is InChI=1S/C2H4O2S.CH2O2/c1-2-5(3)4;2-1-3/h2H,1H2,(H,3,4);1H,(H,2,3)/p-1. The second-order valence-corrected chi connectivity index (χ2v) is 1.39. The number of carbonyl (C=O) groups is 1. The summed E-state index contributed by atoms with van der Waals surface area (Å²) in [5, 5.41) is 7.72. The third-order valence-corrected chi connectivity index (χ3v) is 0.408. The molecule has 1 unspecified atom stereocenters. The highest BCUT2D eigenvalue weighted by Crippen LogP contribution is 1.64. The Balaban J connectivity index is 0. The van der Waals surface area contributed by atoms with E-state index in [1.165, 1.54) is 0 Å². The molecule has 0 aliphatic rings. The number of hydrogen-bond donors (Lipinski definition) is 1. The quantitative estimate of drug-likeness (QED) is 0.398. The summed E-state index contributed by atoms with van der Waals surface area (Å²) in [7, 11) is 0. The molecule has 0 aromatic rings. The maximum absolute atomic E-state index is 9.25. The second-order valence-electron chi connectivity index (χ2n) is 0.533. The van der Waals surface area contributed by atoms with Crippen LogP contribution in [-0.2, 0) is 15.9 Å². The summed E-state index contributed by atoms with van der Waals surface area (Å²) in [4.78, 5) is 8.36. The molecule has 0 aliphatic carbocycles. The highest BCUT2D eigenvalue weighted by atomic mass is 32.2. The first kappa shape index (κ1) is 10.3. The van der Waals surface area contributed by atoms with Crippen LogP contribution in [0.3, 0.4) is 0 Å². The Morgan fingerprint density at radius 3 is 1.88 bits per heavy atom. The molecule has 5 heteroatoms. The Hall–Kier alpha value is -0.680. The highest BCUT2D eigenvalue weighted by Gasteiger charge is 1.51. The molecule has 0 saturated heterocycles. The SMILES string of the molecule is C=CS(=O)[O-].O=CO. The van der Waals surface area contributed by atoms with Gasteiger partial charge in [-0.1, -0.05) is 6.58 Å². The number of hydrogen-bond acceptors (Lipinski definition) is 3. The Bertz CT molecular complexity index is 89.3. The van der Waals surface area contributed by atoms with E-state index in [1.54, 1.807) is 0 Å². The molecule has 0 bridgehead atoms. The first-order valence-electron chi connectivity index (χ1n) is 1.47. The van der Waals surface area contributed by atoms with Crippen molar-refractivity contribution in [3.05, 3.63) is 12.0 Å². The third-order valence-electron chi connectivity index (χ3n) is 0.136. The van der Waals surface area contributed by atoms with Gasteiger partial charge in [0.1, 0.15) is 0 Å². The zero-order valence-corrected chi connectivity index (χ0v) is 4.76. The van der Waals surface area contributed by atoms with E-state index < -0.39 is 11.1 Å². The van der Waals surface area contributed by atoms with E-state index in [-0.39, 0.29) is 6.47 Å². The van der Waals surface area contributed by atoms with Gasteiger partial charge in [-0.25, -0.2) is 0 Å². The van der Waals surface area contributed by atoms with Crippen LogP contribution in [0.4, 0.5) is 0 Å². The molecule has 1 atom stereocenters. The lowest BCUT2D eigenvalue weighted by atomic mass is 11.3. The Kier molecular flexibility index (Phi) is 12.4. The average Bonchev–Trinajstić information content (AvgIpc) is 1.69. The van der Waals surface area contributed by atoms with Gasteiger partial charge >= 0.3 is 0 Å². The van der Waals surface area contributed by atoms with E-state index in [0.717, 1.165) is 5.41 Å². The average molecular weight is 137 g/mol. The number of rotatable bonds is 1. The van der Waals surface area contributed by atoms with Crippen LogP contribution >= 0.6 is 0 Å². The van der Waals surface area contributed by atoms with Crippen LogP contribution in [0.15, 0.2) is 12.0 Å². The maximum atomic E-state index is 9.25. The lowest BCUT2D eigenvalue weighted by Gasteiger charge is -1.88. The minimum absolute atomic E-state index is 0.250. The van der Waals surface area contributed by atoms with Gasteiger partial charge in [0.2, 0.25) is 0 Å². The fourth-order valence-corrected chi connectivity index (χ4v) is 0. The Labute approximate surface area is 49.1 Å². The molecular weight excluding hydrogens is 132 g/mol. The monoisotopic (exact) mass is 137 g/mol. The van der Waals surface area contributed by atoms with Gasteiger partial charge in [-0.05, 0) is 16.5 Å². The highest BCUT2D eigenvalue weighted by molar-refractivity contribution is 7.82. The molecule has 0 aromatic heterocycles. The summed E-state index contributed by atoms with van der Waals surface area (Å²) in [6, 6.07) is 0. The molecule has 4 nitrogen and oxygen atoms in total. The molecule has 0 fully saturated rings. The molecule has 0 heterocycles. The van der Waals surface area contributed by atoms with Crippen molar-refractivity contribution in [2.45, 2.75) is 0 Å². The molecule has 0 amide bonds. The van der Waals surface area contributed by atoms with Crippen molar-refractivity contribution >= 4 is 17.6 Å². The van der Waals surface area contributed by atoms with Gasteiger partial charge in [-0.3, -0.25) is 9.00 Å². The third kappa shape index (κ3) is 57.0. The van der Waals surface area contributed by atoms with Gasteiger partial charge < -0.3 is 9.66 Å². The molecular formula is C3H5O4S-. The van der Waals surface area contributed by atoms with Gasteiger partial charge in [-0.2, -0.15) is 0 Å². The largest absolute Gasteiger partial charge is 0.769 e. The lowest BCUT2D eigenvalue weighted by Crippen LogP contribution is -1.71. The van der Waals surface area contributed by atoms with Crippen LogP contribution in [0, 0.1) is 0 Å². The Morgan fingerprint density at radius 2 is 1.88 bits per heavy atom. The topological polar surface area (TPSA) is 77.4 Å². The number of carboxylic acid groups (broad SMARTS) is 1. The van der Waals surface area contributed by atoms with Crippen molar-refractivity contribution in [2.75, 3.05) is 0 Å². The molecule has 0 saturated carbocycles. The minimum atomic E-state index is -2.06. The zero-order chi connectivity index (χ0) is 6.99. The predicted octanol–water partition coefficient (Wildman–Crippen LogP) is -0.290. The van der Waals surface area contributed by atoms with Crippen LogP contribution in [-0.4, -0.2) is 20.3 Å². The first-order chi connectivity index (χ1) is 3.68. The van der Waals surface area contributed by atoms with Crippen LogP contribution in [0.5, 0.6) is 0 Å². The normalized spacial score (nSPS) is 10.1. The lowest BCUT2D eigenvalue weighted by molar-refractivity contribution is -0.122. The first-order valence-corrected chi connectivity index (χ1v) is 2.61. The Morgan fingerprint density at radius 1 is 1.75 bits per heavy atom. The van der Waals surface area contributed by atoms with Gasteiger partial charge in [0.05, 0.1) is 0 Å². The smallest absolute Gasteiger partial charge is 0.290 e. The summed E-state index contributed by atoms with van der Waals surface area (Å²) < 4.78 is 18.5. The molecule has 0 radical (unpaired) electrons. The zero-order valence-electron chi connectivity index (χ0n) is 3.94. The molecule has 1 N–H and O–H groups in total. The van der Waals surface area contributed by atoms with Crippen molar-refractivity contribution < 1.29 is 18.7 Å². The summed E-state index contributed by atoms with van der Waals surface area (Å²) in [5.41, 5.74) is 0. The second kappa shape index (κ2) is 9.58. The minimum Gasteiger partial charge on any atom is -0.769 e. The van der Waals surface area contributed by atoms with Gasteiger partial charge in [0, 0.05) is 0 Å². The van der Waals surface area contributed by atoms with Crippen LogP contribution in [0.25, 0.3) is 0 Å². The molecule has 48 valence electrons. The predicted molar refractivity (Wildman–Crippen MR) is 27.8 cm³/mol. The molecule has 0 rings (SSSR count). The van der Waals surface area contributed by atoms with Crippen molar-refractivity contribution in [1.29, 1.82) is 0 Å². The van der Waals surface area contributed by atoms with Gasteiger partial charge in [-0.15, -0.1) is 0 Å². The molecule has 0 spiro atoms. The summed E-state index contributed by atoms with van der Waals surface area (Å²) >= 11 is -2.06. The van der Waals surface area contributed by atoms with Crippen molar-refractivity contribution in [1.82, 2.24) is 0 Å². The van der Waals surface area contributed by atoms with E-state index in [2.05, 4.69) is 6.58 Å².